The van der Waals surface area contributed by atoms with E-state index in [0.29, 0.717) is 12.5 Å². The monoisotopic (exact) mass is 260 g/mol. The largest absolute Gasteiger partial charge is 0.490 e. The molecule has 3 rings (SSSR count). The zero-order valence-electron chi connectivity index (χ0n) is 11.3. The van der Waals surface area contributed by atoms with Crippen LogP contribution >= 0.6 is 0 Å². The van der Waals surface area contributed by atoms with Gasteiger partial charge in [-0.25, -0.2) is 0 Å². The minimum absolute atomic E-state index is 0.194. The molecule has 1 saturated heterocycles. The second-order valence-corrected chi connectivity index (χ2v) is 5.31. The number of fused-ring (bicyclic) bond motifs is 1. The highest BCUT2D eigenvalue weighted by Gasteiger charge is 2.22. The number of benzene rings is 1. The highest BCUT2D eigenvalue weighted by molar-refractivity contribution is 5.95. The molecule has 4 nitrogen and oxygen atoms in total. The average molecular weight is 260 g/mol. The average Bonchev–Trinajstić information content (AvgIpc) is 2.44. The van der Waals surface area contributed by atoms with Crippen molar-refractivity contribution in [2.45, 2.75) is 31.8 Å². The van der Waals surface area contributed by atoms with Crippen LogP contribution in [0.3, 0.4) is 0 Å². The van der Waals surface area contributed by atoms with Gasteiger partial charge < -0.3 is 15.0 Å². The van der Waals surface area contributed by atoms with E-state index in [1.165, 1.54) is 5.56 Å². The van der Waals surface area contributed by atoms with Crippen LogP contribution in [0.4, 0.5) is 5.69 Å². The Morgan fingerprint density at radius 2 is 2.05 bits per heavy atom. The third-order valence-corrected chi connectivity index (χ3v) is 3.98. The van der Waals surface area contributed by atoms with Crippen molar-refractivity contribution in [3.63, 3.8) is 0 Å². The summed E-state index contributed by atoms with van der Waals surface area (Å²) in [4.78, 5) is 13.4. The minimum Gasteiger partial charge on any atom is -0.490 e. The zero-order valence-corrected chi connectivity index (χ0v) is 11.3. The Morgan fingerprint density at radius 1 is 1.26 bits per heavy atom. The van der Waals surface area contributed by atoms with E-state index in [0.717, 1.165) is 43.8 Å². The van der Waals surface area contributed by atoms with Gasteiger partial charge in [0.05, 0.1) is 0 Å². The number of amides is 1. The topological polar surface area (TPSA) is 41.6 Å². The second kappa shape index (κ2) is 5.21. The number of carbonyl (C=O) groups is 1. The van der Waals surface area contributed by atoms with Gasteiger partial charge in [0.1, 0.15) is 11.9 Å². The number of ether oxygens (including phenoxy) is 1. The van der Waals surface area contributed by atoms with Gasteiger partial charge in [-0.3, -0.25) is 4.79 Å². The van der Waals surface area contributed by atoms with Gasteiger partial charge in [0, 0.05) is 19.2 Å². The number of hydrogen-bond donors (Lipinski definition) is 1. The van der Waals surface area contributed by atoms with E-state index in [1.807, 2.05) is 19.2 Å². The molecule has 2 heterocycles. The normalized spacial score (nSPS) is 20.3. The van der Waals surface area contributed by atoms with E-state index in [4.69, 9.17) is 4.74 Å². The van der Waals surface area contributed by atoms with Gasteiger partial charge in [0.2, 0.25) is 5.91 Å². The third-order valence-electron chi connectivity index (χ3n) is 3.98. The van der Waals surface area contributed by atoms with E-state index in [9.17, 15) is 4.79 Å². The van der Waals surface area contributed by atoms with E-state index >= 15 is 0 Å². The molecular weight excluding hydrogens is 240 g/mol. The summed E-state index contributed by atoms with van der Waals surface area (Å²) in [5.41, 5.74) is 2.24. The van der Waals surface area contributed by atoms with Crippen molar-refractivity contribution in [3.8, 4) is 5.75 Å². The van der Waals surface area contributed by atoms with Crippen LogP contribution in [0.2, 0.25) is 0 Å². The lowest BCUT2D eigenvalue weighted by atomic mass is 10.0. The number of piperidine rings is 1. The van der Waals surface area contributed by atoms with Crippen LogP contribution in [0.1, 0.15) is 24.8 Å². The molecule has 0 aliphatic carbocycles. The standard InChI is InChI=1S/C15H20N2O2/c1-17-14-4-3-13(10-11(14)2-5-15(17)18)19-12-6-8-16-9-7-12/h3-4,10,12,16H,2,5-9H2,1H3. The highest BCUT2D eigenvalue weighted by atomic mass is 16.5. The van der Waals surface area contributed by atoms with Crippen molar-refractivity contribution in [2.75, 3.05) is 25.0 Å². The minimum atomic E-state index is 0.194. The first-order chi connectivity index (χ1) is 9.24. The maximum absolute atomic E-state index is 11.6. The summed E-state index contributed by atoms with van der Waals surface area (Å²) in [5.74, 6) is 1.13. The van der Waals surface area contributed by atoms with Crippen LogP contribution in [-0.2, 0) is 11.2 Å². The lowest BCUT2D eigenvalue weighted by molar-refractivity contribution is -0.118. The number of anilines is 1. The molecule has 0 saturated carbocycles. The molecule has 0 radical (unpaired) electrons. The summed E-state index contributed by atoms with van der Waals surface area (Å²) in [7, 11) is 1.84. The van der Waals surface area contributed by atoms with Crippen molar-refractivity contribution < 1.29 is 9.53 Å². The fourth-order valence-corrected chi connectivity index (χ4v) is 2.81. The first-order valence-electron chi connectivity index (χ1n) is 7.01. The lowest BCUT2D eigenvalue weighted by Crippen LogP contribution is -2.34. The van der Waals surface area contributed by atoms with Gasteiger partial charge in [-0.15, -0.1) is 0 Å². The van der Waals surface area contributed by atoms with Crippen molar-refractivity contribution in [1.82, 2.24) is 5.32 Å². The molecule has 0 spiro atoms. The summed E-state index contributed by atoms with van der Waals surface area (Å²) in [6, 6.07) is 6.08. The predicted molar refractivity (Wildman–Crippen MR) is 74.7 cm³/mol. The molecule has 0 unspecified atom stereocenters. The molecule has 2 aliphatic rings. The lowest BCUT2D eigenvalue weighted by Gasteiger charge is -2.28. The molecule has 1 aromatic carbocycles. The predicted octanol–water partition coefficient (Wildman–Crippen LogP) is 1.73. The van der Waals surface area contributed by atoms with Gasteiger partial charge in [0.15, 0.2) is 0 Å². The third kappa shape index (κ3) is 2.59. The van der Waals surface area contributed by atoms with Crippen molar-refractivity contribution in [3.05, 3.63) is 23.8 Å². The molecular formula is C15H20N2O2. The molecule has 1 fully saturated rings. The molecule has 2 aliphatic heterocycles. The summed E-state index contributed by atoms with van der Waals surface area (Å²) in [6.07, 6.45) is 3.87. The Labute approximate surface area is 113 Å². The van der Waals surface area contributed by atoms with Crippen LogP contribution in [0.15, 0.2) is 18.2 Å². The molecule has 0 aromatic heterocycles. The summed E-state index contributed by atoms with van der Waals surface area (Å²) < 4.78 is 6.04. The number of aryl methyl sites for hydroxylation is 1. The van der Waals surface area contributed by atoms with Crippen LogP contribution in [0.25, 0.3) is 0 Å². The fourth-order valence-electron chi connectivity index (χ4n) is 2.81. The second-order valence-electron chi connectivity index (χ2n) is 5.31. The highest BCUT2D eigenvalue weighted by Crippen LogP contribution is 2.30. The summed E-state index contributed by atoms with van der Waals surface area (Å²) in [6.45, 7) is 2.07. The van der Waals surface area contributed by atoms with E-state index in [2.05, 4.69) is 11.4 Å². The molecule has 4 heteroatoms. The first-order valence-corrected chi connectivity index (χ1v) is 7.01. The molecule has 19 heavy (non-hydrogen) atoms. The van der Waals surface area contributed by atoms with Crippen molar-refractivity contribution in [1.29, 1.82) is 0 Å². The Bertz CT molecular complexity index is 481. The smallest absolute Gasteiger partial charge is 0.227 e. The SMILES string of the molecule is CN1C(=O)CCc2cc(OC3CCNCC3)ccc21. The van der Waals surface area contributed by atoms with E-state index in [-0.39, 0.29) is 5.91 Å². The van der Waals surface area contributed by atoms with Crippen LogP contribution in [0.5, 0.6) is 5.75 Å². The van der Waals surface area contributed by atoms with Crippen molar-refractivity contribution >= 4 is 11.6 Å². The Hall–Kier alpha value is -1.55. The van der Waals surface area contributed by atoms with Crippen LogP contribution in [0, 0.1) is 0 Å². The number of nitrogens with zero attached hydrogens (tertiary/aromatic N) is 1. The molecule has 0 bridgehead atoms. The molecule has 1 N–H and O–H groups in total. The molecule has 1 aromatic rings. The number of rotatable bonds is 2. The van der Waals surface area contributed by atoms with E-state index < -0.39 is 0 Å². The van der Waals surface area contributed by atoms with E-state index in [1.54, 1.807) is 4.90 Å². The quantitative estimate of drug-likeness (QED) is 0.880. The van der Waals surface area contributed by atoms with Crippen molar-refractivity contribution in [2.24, 2.45) is 0 Å². The number of carbonyl (C=O) groups excluding carboxylic acids is 1. The Balaban J connectivity index is 1.76. The number of nitrogens with one attached hydrogen (secondary N) is 1. The number of hydrogen-bond acceptors (Lipinski definition) is 3. The molecule has 0 atom stereocenters. The maximum Gasteiger partial charge on any atom is 0.227 e. The summed E-state index contributed by atoms with van der Waals surface area (Å²) in [5, 5.41) is 3.34. The Kier molecular flexibility index (Phi) is 3.42. The maximum atomic E-state index is 11.6. The van der Waals surface area contributed by atoms with Crippen LogP contribution < -0.4 is 15.0 Å². The van der Waals surface area contributed by atoms with Gasteiger partial charge in [-0.05, 0) is 56.1 Å². The van der Waals surface area contributed by atoms with Gasteiger partial charge in [-0.1, -0.05) is 0 Å². The van der Waals surface area contributed by atoms with Gasteiger partial charge in [0.25, 0.3) is 0 Å². The zero-order chi connectivity index (χ0) is 13.2. The van der Waals surface area contributed by atoms with Gasteiger partial charge >= 0.3 is 0 Å². The van der Waals surface area contributed by atoms with Crippen LogP contribution in [-0.4, -0.2) is 32.1 Å². The van der Waals surface area contributed by atoms with Gasteiger partial charge in [-0.2, -0.15) is 0 Å². The fraction of sp³-hybridized carbons (Fsp3) is 0.533. The molecule has 102 valence electrons. The summed E-state index contributed by atoms with van der Waals surface area (Å²) >= 11 is 0. The Morgan fingerprint density at radius 3 is 2.84 bits per heavy atom. The molecule has 1 amide bonds. The first kappa shape index (κ1) is 12.5.